The van der Waals surface area contributed by atoms with E-state index in [0.29, 0.717) is 6.42 Å². The predicted octanol–water partition coefficient (Wildman–Crippen LogP) is 1.78. The van der Waals surface area contributed by atoms with Crippen LogP contribution in [0.3, 0.4) is 0 Å². The fraction of sp³-hybridized carbons (Fsp3) is 0.875. The van der Waals surface area contributed by atoms with Gasteiger partial charge >= 0.3 is 0 Å². The van der Waals surface area contributed by atoms with Crippen LogP contribution in [0.5, 0.6) is 0 Å². The zero-order valence-corrected chi connectivity index (χ0v) is 7.02. The second-order valence-corrected chi connectivity index (χ2v) is 2.42. The lowest BCUT2D eigenvalue weighted by molar-refractivity contribution is -0.124. The van der Waals surface area contributed by atoms with E-state index in [-0.39, 0.29) is 18.5 Å². The average Bonchev–Trinajstić information content (AvgIpc) is 1.99. The monoisotopic (exact) mass is 144 g/mol. The summed E-state index contributed by atoms with van der Waals surface area (Å²) in [6, 6.07) is 0. The number of ether oxygens (including phenoxy) is 1. The van der Waals surface area contributed by atoms with E-state index < -0.39 is 0 Å². The number of Topliss-reactive ketones (excluding diaryl/α,β-unsaturated/α-hetero) is 1. The summed E-state index contributed by atoms with van der Waals surface area (Å²) in [4.78, 5) is 10.7. The second-order valence-electron chi connectivity index (χ2n) is 2.42. The van der Waals surface area contributed by atoms with Crippen molar-refractivity contribution >= 4 is 5.78 Å². The van der Waals surface area contributed by atoms with Gasteiger partial charge in [0.1, 0.15) is 6.61 Å². The molecule has 0 aromatic heterocycles. The first-order valence-electron chi connectivity index (χ1n) is 3.84. The van der Waals surface area contributed by atoms with Crippen LogP contribution in [-0.2, 0) is 9.53 Å². The van der Waals surface area contributed by atoms with Gasteiger partial charge in [-0.1, -0.05) is 13.8 Å². The maximum Gasteiger partial charge on any atom is 0.158 e. The van der Waals surface area contributed by atoms with Crippen molar-refractivity contribution in [2.45, 2.75) is 39.7 Å². The van der Waals surface area contributed by atoms with Crippen molar-refractivity contribution < 1.29 is 9.53 Å². The molecule has 0 aliphatic carbocycles. The largest absolute Gasteiger partial charge is 0.371 e. The SMILES string of the molecule is CCC(=O)COC(C)CC. The van der Waals surface area contributed by atoms with Gasteiger partial charge in [-0.05, 0) is 13.3 Å². The third kappa shape index (κ3) is 4.50. The van der Waals surface area contributed by atoms with Gasteiger partial charge in [0.25, 0.3) is 0 Å². The first-order valence-corrected chi connectivity index (χ1v) is 3.84. The number of rotatable bonds is 5. The Morgan fingerprint density at radius 2 is 2.10 bits per heavy atom. The highest BCUT2D eigenvalue weighted by atomic mass is 16.5. The van der Waals surface area contributed by atoms with E-state index in [2.05, 4.69) is 0 Å². The highest BCUT2D eigenvalue weighted by molar-refractivity contribution is 5.79. The van der Waals surface area contributed by atoms with Crippen LogP contribution in [0.25, 0.3) is 0 Å². The van der Waals surface area contributed by atoms with Crippen molar-refractivity contribution in [1.29, 1.82) is 0 Å². The van der Waals surface area contributed by atoms with Gasteiger partial charge in [0.15, 0.2) is 5.78 Å². The number of carbonyl (C=O) groups excluding carboxylic acids is 1. The summed E-state index contributed by atoms with van der Waals surface area (Å²) in [6.07, 6.45) is 1.77. The van der Waals surface area contributed by atoms with Crippen molar-refractivity contribution in [3.63, 3.8) is 0 Å². The molecule has 1 atom stereocenters. The van der Waals surface area contributed by atoms with E-state index in [0.717, 1.165) is 6.42 Å². The van der Waals surface area contributed by atoms with Crippen molar-refractivity contribution in [2.24, 2.45) is 0 Å². The Morgan fingerprint density at radius 3 is 2.50 bits per heavy atom. The van der Waals surface area contributed by atoms with E-state index in [1.165, 1.54) is 0 Å². The third-order valence-electron chi connectivity index (χ3n) is 1.50. The molecule has 0 N–H and O–H groups in total. The lowest BCUT2D eigenvalue weighted by Gasteiger charge is -2.08. The van der Waals surface area contributed by atoms with Gasteiger partial charge in [0.05, 0.1) is 6.10 Å². The summed E-state index contributed by atoms with van der Waals surface area (Å²) in [5.41, 5.74) is 0. The van der Waals surface area contributed by atoms with Crippen LogP contribution in [0.1, 0.15) is 33.6 Å². The Bertz CT molecular complexity index is 99.4. The van der Waals surface area contributed by atoms with Gasteiger partial charge in [-0.2, -0.15) is 0 Å². The van der Waals surface area contributed by atoms with Gasteiger partial charge in [0.2, 0.25) is 0 Å². The maximum absolute atomic E-state index is 10.7. The number of carbonyl (C=O) groups is 1. The van der Waals surface area contributed by atoms with Crippen molar-refractivity contribution in [3.05, 3.63) is 0 Å². The van der Waals surface area contributed by atoms with E-state index in [1.54, 1.807) is 0 Å². The van der Waals surface area contributed by atoms with E-state index >= 15 is 0 Å². The maximum atomic E-state index is 10.7. The van der Waals surface area contributed by atoms with Crippen LogP contribution >= 0.6 is 0 Å². The smallest absolute Gasteiger partial charge is 0.158 e. The fourth-order valence-electron chi connectivity index (χ4n) is 0.455. The van der Waals surface area contributed by atoms with Crippen LogP contribution in [0.4, 0.5) is 0 Å². The lowest BCUT2D eigenvalue weighted by Crippen LogP contribution is -2.13. The van der Waals surface area contributed by atoms with Crippen molar-refractivity contribution in [2.75, 3.05) is 6.61 Å². The molecule has 0 saturated carbocycles. The summed E-state index contributed by atoms with van der Waals surface area (Å²) in [5, 5.41) is 0. The normalized spacial score (nSPS) is 13.1. The molecule has 0 spiro atoms. The lowest BCUT2D eigenvalue weighted by atomic mass is 10.3. The van der Waals surface area contributed by atoms with Gasteiger partial charge < -0.3 is 4.74 Å². The zero-order chi connectivity index (χ0) is 7.98. The Hall–Kier alpha value is -0.370. The van der Waals surface area contributed by atoms with Crippen molar-refractivity contribution in [3.8, 4) is 0 Å². The molecule has 0 aliphatic heterocycles. The predicted molar refractivity (Wildman–Crippen MR) is 41.0 cm³/mol. The molecule has 0 rings (SSSR count). The summed E-state index contributed by atoms with van der Waals surface area (Å²) in [5.74, 6) is 0.181. The molecule has 0 amide bonds. The molecule has 1 unspecified atom stereocenters. The van der Waals surface area contributed by atoms with Gasteiger partial charge in [-0.3, -0.25) is 4.79 Å². The number of hydrogen-bond donors (Lipinski definition) is 0. The summed E-state index contributed by atoms with van der Waals surface area (Å²) in [6.45, 7) is 6.15. The highest BCUT2D eigenvalue weighted by Gasteiger charge is 2.01. The van der Waals surface area contributed by atoms with E-state index in [9.17, 15) is 4.79 Å². The summed E-state index contributed by atoms with van der Waals surface area (Å²) < 4.78 is 5.19. The van der Waals surface area contributed by atoms with Gasteiger partial charge in [0, 0.05) is 6.42 Å². The molecular formula is C8H16O2. The summed E-state index contributed by atoms with van der Waals surface area (Å²) in [7, 11) is 0. The minimum absolute atomic E-state index is 0.181. The fourth-order valence-corrected chi connectivity index (χ4v) is 0.455. The number of hydrogen-bond acceptors (Lipinski definition) is 2. The molecule has 0 aliphatic rings. The topological polar surface area (TPSA) is 26.3 Å². The molecule has 0 saturated heterocycles. The highest BCUT2D eigenvalue weighted by Crippen LogP contribution is 1.95. The number of ketones is 1. The molecule has 0 bridgehead atoms. The Labute approximate surface area is 62.6 Å². The quantitative estimate of drug-likeness (QED) is 0.588. The molecule has 0 fully saturated rings. The van der Waals surface area contributed by atoms with Crippen LogP contribution in [0.2, 0.25) is 0 Å². The summed E-state index contributed by atoms with van der Waals surface area (Å²) >= 11 is 0. The van der Waals surface area contributed by atoms with Crippen LogP contribution in [0.15, 0.2) is 0 Å². The molecule has 2 nitrogen and oxygen atoms in total. The third-order valence-corrected chi connectivity index (χ3v) is 1.50. The molecular weight excluding hydrogens is 128 g/mol. The average molecular weight is 144 g/mol. The molecule has 0 heterocycles. The molecule has 60 valence electrons. The first-order chi connectivity index (χ1) is 4.70. The zero-order valence-electron chi connectivity index (χ0n) is 7.02. The molecule has 2 heteroatoms. The van der Waals surface area contributed by atoms with E-state index in [4.69, 9.17) is 4.74 Å². The van der Waals surface area contributed by atoms with Crippen LogP contribution in [-0.4, -0.2) is 18.5 Å². The van der Waals surface area contributed by atoms with Crippen LogP contribution in [0, 0.1) is 0 Å². The van der Waals surface area contributed by atoms with Crippen molar-refractivity contribution in [1.82, 2.24) is 0 Å². The van der Waals surface area contributed by atoms with Crippen LogP contribution < -0.4 is 0 Å². The molecule has 0 aromatic rings. The molecule has 10 heavy (non-hydrogen) atoms. The Morgan fingerprint density at radius 1 is 1.50 bits per heavy atom. The molecule has 0 radical (unpaired) electrons. The second kappa shape index (κ2) is 5.42. The van der Waals surface area contributed by atoms with Gasteiger partial charge in [-0.15, -0.1) is 0 Å². The van der Waals surface area contributed by atoms with Gasteiger partial charge in [-0.25, -0.2) is 0 Å². The van der Waals surface area contributed by atoms with E-state index in [1.807, 2.05) is 20.8 Å². The first kappa shape index (κ1) is 9.63. The molecule has 0 aromatic carbocycles. The minimum Gasteiger partial charge on any atom is -0.371 e. The standard InChI is InChI=1S/C8H16O2/c1-4-7(3)10-6-8(9)5-2/h7H,4-6H2,1-3H3. The Balaban J connectivity index is 3.26. The Kier molecular flexibility index (Phi) is 5.22. The minimum atomic E-state index is 0.181.